The summed E-state index contributed by atoms with van der Waals surface area (Å²) in [4.78, 5) is 16.2. The fourth-order valence-corrected chi connectivity index (χ4v) is 3.74. The van der Waals surface area contributed by atoms with Crippen molar-refractivity contribution >= 4 is 28.1 Å². The number of carbonyl (C=O) groups is 1. The zero-order valence-electron chi connectivity index (χ0n) is 14.9. The van der Waals surface area contributed by atoms with Crippen LogP contribution in [-0.4, -0.2) is 22.0 Å². The van der Waals surface area contributed by atoms with Gasteiger partial charge >= 0.3 is 0 Å². The third kappa shape index (κ3) is 4.48. The molecule has 0 aliphatic heterocycles. The summed E-state index contributed by atoms with van der Waals surface area (Å²) < 4.78 is 2.32. The first-order valence-corrected chi connectivity index (χ1v) is 9.76. The molecule has 1 amide bonds. The topological polar surface area (TPSA) is 46.9 Å². The minimum Gasteiger partial charge on any atom is -0.356 e. The minimum atomic E-state index is 0.129. The fraction of sp³-hybridized carbons (Fsp3) is 0.400. The molecule has 132 valence electrons. The lowest BCUT2D eigenvalue weighted by atomic mass is 10.1. The summed E-state index contributed by atoms with van der Waals surface area (Å²) in [6.45, 7) is 5.07. The quantitative estimate of drug-likeness (QED) is 0.652. The van der Waals surface area contributed by atoms with E-state index in [1.54, 1.807) is 17.5 Å². The Bertz CT molecular complexity index is 821. The van der Waals surface area contributed by atoms with Crippen molar-refractivity contribution in [1.82, 2.24) is 14.9 Å². The van der Waals surface area contributed by atoms with Gasteiger partial charge in [0.25, 0.3) is 0 Å². The number of carbonyl (C=O) groups excluding carboxylic acids is 1. The van der Waals surface area contributed by atoms with Crippen molar-refractivity contribution in [3.63, 3.8) is 0 Å². The maximum Gasteiger partial charge on any atom is 0.220 e. The van der Waals surface area contributed by atoms with Gasteiger partial charge in [0.15, 0.2) is 0 Å². The van der Waals surface area contributed by atoms with Crippen LogP contribution >= 0.6 is 11.3 Å². The average molecular weight is 356 g/mol. The third-order valence-corrected chi connectivity index (χ3v) is 5.21. The summed E-state index contributed by atoms with van der Waals surface area (Å²) in [5.41, 5.74) is 2.61. The maximum absolute atomic E-state index is 12.0. The van der Waals surface area contributed by atoms with Crippen LogP contribution in [0, 0.1) is 0 Å². The second kappa shape index (κ2) is 8.30. The highest BCUT2D eigenvalue weighted by atomic mass is 32.1. The second-order valence-electron chi connectivity index (χ2n) is 6.55. The molecule has 0 radical (unpaired) electrons. The standard InChI is InChI=1S/C20H25N3OS/c1-15(2)23-14-16(17-7-3-4-8-18(17)23)6-5-9-19(24)21-11-10-20-22-12-13-25-20/h3-4,7-8,12-15H,5-6,9-11H2,1-2H3,(H,21,24). The smallest absolute Gasteiger partial charge is 0.220 e. The van der Waals surface area contributed by atoms with E-state index in [1.807, 2.05) is 5.38 Å². The summed E-state index contributed by atoms with van der Waals surface area (Å²) in [6.07, 6.45) is 7.23. The minimum absolute atomic E-state index is 0.129. The first-order valence-electron chi connectivity index (χ1n) is 8.88. The Morgan fingerprint density at radius 2 is 2.12 bits per heavy atom. The van der Waals surface area contributed by atoms with E-state index in [-0.39, 0.29) is 5.91 Å². The van der Waals surface area contributed by atoms with Gasteiger partial charge in [-0.05, 0) is 38.3 Å². The lowest BCUT2D eigenvalue weighted by Crippen LogP contribution is -2.25. The van der Waals surface area contributed by atoms with Crippen molar-refractivity contribution in [1.29, 1.82) is 0 Å². The number of aromatic nitrogens is 2. The molecule has 0 unspecified atom stereocenters. The molecule has 2 heterocycles. The first-order chi connectivity index (χ1) is 12.1. The van der Waals surface area contributed by atoms with Crippen molar-refractivity contribution in [2.24, 2.45) is 0 Å². The van der Waals surface area contributed by atoms with Gasteiger partial charge in [-0.2, -0.15) is 0 Å². The highest BCUT2D eigenvalue weighted by Gasteiger charge is 2.10. The predicted molar refractivity (Wildman–Crippen MR) is 104 cm³/mol. The summed E-state index contributed by atoms with van der Waals surface area (Å²) in [6, 6.07) is 8.96. The Labute approximate surface area is 152 Å². The predicted octanol–water partition coefficient (Wildman–Crippen LogP) is 4.36. The van der Waals surface area contributed by atoms with Crippen LogP contribution in [-0.2, 0) is 17.6 Å². The SMILES string of the molecule is CC(C)n1cc(CCCC(=O)NCCc2nccs2)c2ccccc21. The van der Waals surface area contributed by atoms with Gasteiger partial charge in [0.05, 0.1) is 5.01 Å². The van der Waals surface area contributed by atoms with Gasteiger partial charge < -0.3 is 9.88 Å². The van der Waals surface area contributed by atoms with E-state index in [0.29, 0.717) is 19.0 Å². The molecule has 5 heteroatoms. The van der Waals surface area contributed by atoms with Gasteiger partial charge in [-0.15, -0.1) is 11.3 Å². The monoisotopic (exact) mass is 355 g/mol. The van der Waals surface area contributed by atoms with Gasteiger partial charge in [-0.1, -0.05) is 18.2 Å². The van der Waals surface area contributed by atoms with Crippen LogP contribution in [0.5, 0.6) is 0 Å². The molecule has 0 saturated carbocycles. The lowest BCUT2D eigenvalue weighted by molar-refractivity contribution is -0.121. The zero-order chi connectivity index (χ0) is 17.6. The summed E-state index contributed by atoms with van der Waals surface area (Å²) in [5.74, 6) is 0.129. The Morgan fingerprint density at radius 3 is 2.88 bits per heavy atom. The Morgan fingerprint density at radius 1 is 1.28 bits per heavy atom. The Kier molecular flexibility index (Phi) is 5.87. The molecule has 0 saturated heterocycles. The van der Waals surface area contributed by atoms with Crippen LogP contribution in [0.25, 0.3) is 10.9 Å². The number of hydrogen-bond acceptors (Lipinski definition) is 3. The van der Waals surface area contributed by atoms with E-state index >= 15 is 0 Å². The molecule has 2 aromatic heterocycles. The molecule has 25 heavy (non-hydrogen) atoms. The molecular formula is C20H25N3OS. The number of rotatable bonds is 8. The molecule has 0 aliphatic carbocycles. The van der Waals surface area contributed by atoms with Gasteiger partial charge in [-0.3, -0.25) is 4.79 Å². The molecule has 0 aliphatic rings. The molecule has 0 atom stereocenters. The largest absolute Gasteiger partial charge is 0.356 e. The van der Waals surface area contributed by atoms with Gasteiger partial charge in [-0.25, -0.2) is 4.98 Å². The molecule has 0 bridgehead atoms. The molecule has 1 aromatic carbocycles. The van der Waals surface area contributed by atoms with E-state index in [0.717, 1.165) is 24.3 Å². The van der Waals surface area contributed by atoms with Crippen LogP contribution in [0.3, 0.4) is 0 Å². The number of amides is 1. The number of aryl methyl sites for hydroxylation is 1. The van der Waals surface area contributed by atoms with E-state index in [2.05, 4.69) is 59.2 Å². The van der Waals surface area contributed by atoms with Crippen molar-refractivity contribution in [2.45, 2.75) is 45.6 Å². The molecule has 3 rings (SSSR count). The molecule has 1 N–H and O–H groups in total. The third-order valence-electron chi connectivity index (χ3n) is 4.37. The first kappa shape index (κ1) is 17.7. The summed E-state index contributed by atoms with van der Waals surface area (Å²) >= 11 is 1.63. The fourth-order valence-electron chi connectivity index (χ4n) is 3.12. The highest BCUT2D eigenvalue weighted by molar-refractivity contribution is 7.09. The summed E-state index contributed by atoms with van der Waals surface area (Å²) in [7, 11) is 0. The van der Waals surface area contributed by atoms with Crippen LogP contribution in [0.2, 0.25) is 0 Å². The van der Waals surface area contributed by atoms with Gasteiger partial charge in [0, 0.05) is 54.1 Å². The number of hydrogen-bond donors (Lipinski definition) is 1. The molecular weight excluding hydrogens is 330 g/mol. The molecule has 4 nitrogen and oxygen atoms in total. The van der Waals surface area contributed by atoms with Crippen LogP contribution in [0.1, 0.15) is 43.3 Å². The number of fused-ring (bicyclic) bond motifs is 1. The van der Waals surface area contributed by atoms with Crippen molar-refractivity contribution in [3.05, 3.63) is 52.6 Å². The second-order valence-corrected chi connectivity index (χ2v) is 7.53. The van der Waals surface area contributed by atoms with Crippen LogP contribution < -0.4 is 5.32 Å². The number of para-hydroxylation sites is 1. The van der Waals surface area contributed by atoms with Gasteiger partial charge in [0.1, 0.15) is 0 Å². The van der Waals surface area contributed by atoms with Crippen molar-refractivity contribution < 1.29 is 4.79 Å². The van der Waals surface area contributed by atoms with Crippen LogP contribution in [0.4, 0.5) is 0 Å². The van der Waals surface area contributed by atoms with E-state index in [4.69, 9.17) is 0 Å². The van der Waals surface area contributed by atoms with E-state index < -0.39 is 0 Å². The van der Waals surface area contributed by atoms with E-state index in [1.165, 1.54) is 16.5 Å². The number of benzene rings is 1. The lowest BCUT2D eigenvalue weighted by Gasteiger charge is -2.08. The molecule has 0 fully saturated rings. The Balaban J connectivity index is 1.50. The van der Waals surface area contributed by atoms with Crippen molar-refractivity contribution in [2.75, 3.05) is 6.54 Å². The highest BCUT2D eigenvalue weighted by Crippen LogP contribution is 2.25. The number of thiazole rings is 1. The van der Waals surface area contributed by atoms with Crippen molar-refractivity contribution in [3.8, 4) is 0 Å². The molecule has 0 spiro atoms. The van der Waals surface area contributed by atoms with Gasteiger partial charge in [0.2, 0.25) is 5.91 Å². The average Bonchev–Trinajstić information content (AvgIpc) is 3.23. The maximum atomic E-state index is 12.0. The summed E-state index contributed by atoms with van der Waals surface area (Å²) in [5, 5.41) is 7.33. The Hall–Kier alpha value is -2.14. The normalized spacial score (nSPS) is 11.3. The molecule has 3 aromatic rings. The van der Waals surface area contributed by atoms with E-state index in [9.17, 15) is 4.79 Å². The van der Waals surface area contributed by atoms with Crippen LogP contribution in [0.15, 0.2) is 42.0 Å². The number of nitrogens with one attached hydrogen (secondary N) is 1. The zero-order valence-corrected chi connectivity index (χ0v) is 15.7. The number of nitrogens with zero attached hydrogens (tertiary/aromatic N) is 2.